The number of fused-ring (bicyclic) bond motifs is 1. The molecule has 1 heterocycles. The molecule has 4 aromatic rings. The molecule has 3 aromatic carbocycles. The Bertz CT molecular complexity index is 1480. The van der Waals surface area contributed by atoms with E-state index in [1.165, 1.54) is 12.1 Å². The maximum atomic E-state index is 13.9. The summed E-state index contributed by atoms with van der Waals surface area (Å²) in [6.45, 7) is 0.758. The van der Waals surface area contributed by atoms with Crippen molar-refractivity contribution in [1.29, 1.82) is 0 Å². The first-order chi connectivity index (χ1) is 18.1. The van der Waals surface area contributed by atoms with Gasteiger partial charge in [0.1, 0.15) is 23.9 Å². The van der Waals surface area contributed by atoms with Gasteiger partial charge in [0, 0.05) is 29.8 Å². The lowest BCUT2D eigenvalue weighted by atomic mass is 10.0. The highest BCUT2D eigenvalue weighted by Gasteiger charge is 2.31. The average molecular weight is 530 g/mol. The number of benzene rings is 3. The van der Waals surface area contributed by atoms with E-state index in [-0.39, 0.29) is 11.4 Å². The molecule has 0 aliphatic rings. The summed E-state index contributed by atoms with van der Waals surface area (Å²) in [4.78, 5) is 27.4. The number of nitrogens with two attached hydrogens (primary N) is 1. The standard InChI is InChI=1S/C26H22F4N4O4/c1-37-10-11-38-17-7-8-18-20(13-17)33-23(24(31)35)22(18)14-2-5-16(6-3-14)32-25(36)34-21-12-15(26(28,29)30)4-9-19(21)27/h2-9,12-13,33H,10-11H2,1H3,(H2,31,35)(H2,32,34,36). The predicted molar refractivity (Wildman–Crippen MR) is 134 cm³/mol. The second kappa shape index (κ2) is 10.8. The van der Waals surface area contributed by atoms with Crippen molar-refractivity contribution in [2.75, 3.05) is 31.0 Å². The summed E-state index contributed by atoms with van der Waals surface area (Å²) >= 11 is 0. The van der Waals surface area contributed by atoms with Gasteiger partial charge < -0.3 is 30.8 Å². The van der Waals surface area contributed by atoms with E-state index in [0.29, 0.717) is 59.2 Å². The Morgan fingerprint density at radius 2 is 1.71 bits per heavy atom. The van der Waals surface area contributed by atoms with Gasteiger partial charge in [-0.1, -0.05) is 12.1 Å². The van der Waals surface area contributed by atoms with Gasteiger partial charge in [-0.15, -0.1) is 0 Å². The summed E-state index contributed by atoms with van der Waals surface area (Å²) in [5.74, 6) is -1.13. The lowest BCUT2D eigenvalue weighted by Crippen LogP contribution is -2.20. The van der Waals surface area contributed by atoms with Crippen LogP contribution >= 0.6 is 0 Å². The number of hydrogen-bond donors (Lipinski definition) is 4. The molecule has 1 aromatic heterocycles. The lowest BCUT2D eigenvalue weighted by Gasteiger charge is -2.12. The van der Waals surface area contributed by atoms with Crippen LogP contribution in [0.3, 0.4) is 0 Å². The van der Waals surface area contributed by atoms with E-state index in [4.69, 9.17) is 15.2 Å². The van der Waals surface area contributed by atoms with Gasteiger partial charge in [0.05, 0.1) is 23.4 Å². The number of amides is 3. The zero-order valence-electron chi connectivity index (χ0n) is 19.9. The quantitative estimate of drug-likeness (QED) is 0.171. The first-order valence-electron chi connectivity index (χ1n) is 11.2. The van der Waals surface area contributed by atoms with Crippen LogP contribution in [0.15, 0.2) is 60.7 Å². The minimum atomic E-state index is -4.69. The number of aromatic nitrogens is 1. The van der Waals surface area contributed by atoms with Gasteiger partial charge in [-0.25, -0.2) is 9.18 Å². The highest BCUT2D eigenvalue weighted by Crippen LogP contribution is 2.35. The molecule has 0 aliphatic carbocycles. The maximum Gasteiger partial charge on any atom is 0.416 e. The molecular weight excluding hydrogens is 508 g/mol. The zero-order chi connectivity index (χ0) is 27.4. The van der Waals surface area contributed by atoms with Crippen molar-refractivity contribution >= 4 is 34.2 Å². The van der Waals surface area contributed by atoms with Gasteiger partial charge in [0.2, 0.25) is 0 Å². The molecule has 0 fully saturated rings. The Balaban J connectivity index is 1.54. The van der Waals surface area contributed by atoms with Gasteiger partial charge in [0.15, 0.2) is 0 Å². The number of hydrogen-bond acceptors (Lipinski definition) is 4. The molecular formula is C26H22F4N4O4. The van der Waals surface area contributed by atoms with E-state index in [1.54, 1.807) is 37.4 Å². The Labute approximate surface area is 213 Å². The summed E-state index contributed by atoms with van der Waals surface area (Å²) in [6.07, 6.45) is -4.69. The molecule has 198 valence electrons. The summed E-state index contributed by atoms with van der Waals surface area (Å²) < 4.78 is 63.2. The van der Waals surface area contributed by atoms with Crippen molar-refractivity contribution in [2.24, 2.45) is 5.73 Å². The molecule has 8 nitrogen and oxygen atoms in total. The fourth-order valence-electron chi connectivity index (χ4n) is 3.80. The van der Waals surface area contributed by atoms with Crippen LogP contribution in [0.5, 0.6) is 5.75 Å². The van der Waals surface area contributed by atoms with Crippen LogP contribution in [-0.4, -0.2) is 37.2 Å². The van der Waals surface area contributed by atoms with Crippen molar-refractivity contribution in [2.45, 2.75) is 6.18 Å². The number of carbonyl (C=O) groups is 2. The highest BCUT2D eigenvalue weighted by atomic mass is 19.4. The van der Waals surface area contributed by atoms with Gasteiger partial charge >= 0.3 is 12.2 Å². The SMILES string of the molecule is COCCOc1ccc2c(-c3ccc(NC(=O)Nc4cc(C(F)(F)F)ccc4F)cc3)c(C(N)=O)[nH]c2c1. The van der Waals surface area contributed by atoms with Gasteiger partial charge in [-0.3, -0.25) is 4.79 Å². The van der Waals surface area contributed by atoms with Gasteiger partial charge in [-0.2, -0.15) is 13.2 Å². The third-order valence-electron chi connectivity index (χ3n) is 5.55. The van der Waals surface area contributed by atoms with Crippen LogP contribution in [0, 0.1) is 5.82 Å². The number of halogens is 4. The van der Waals surface area contributed by atoms with Crippen LogP contribution in [0.2, 0.25) is 0 Å². The normalized spacial score (nSPS) is 11.4. The molecule has 0 bridgehead atoms. The molecule has 0 atom stereocenters. The van der Waals surface area contributed by atoms with Crippen LogP contribution < -0.4 is 21.1 Å². The van der Waals surface area contributed by atoms with E-state index < -0.39 is 35.2 Å². The van der Waals surface area contributed by atoms with Gasteiger partial charge in [-0.05, 0) is 48.0 Å². The first-order valence-corrected chi connectivity index (χ1v) is 11.2. The van der Waals surface area contributed by atoms with Crippen LogP contribution in [0.25, 0.3) is 22.0 Å². The number of ether oxygens (including phenoxy) is 2. The molecule has 0 unspecified atom stereocenters. The number of H-pyrrole nitrogens is 1. The number of carbonyl (C=O) groups excluding carboxylic acids is 2. The minimum absolute atomic E-state index is 0.174. The average Bonchev–Trinajstić information content (AvgIpc) is 3.24. The van der Waals surface area contributed by atoms with Crippen molar-refractivity contribution in [3.8, 4) is 16.9 Å². The van der Waals surface area contributed by atoms with Crippen LogP contribution in [0.4, 0.5) is 33.7 Å². The highest BCUT2D eigenvalue weighted by molar-refractivity contribution is 6.09. The summed E-state index contributed by atoms with van der Waals surface area (Å²) in [5.41, 5.74) is 6.07. The Morgan fingerprint density at radius 3 is 2.37 bits per heavy atom. The molecule has 0 saturated carbocycles. The number of anilines is 2. The van der Waals surface area contributed by atoms with E-state index in [1.807, 2.05) is 0 Å². The third-order valence-corrected chi connectivity index (χ3v) is 5.55. The van der Waals surface area contributed by atoms with Crippen molar-refractivity contribution in [3.63, 3.8) is 0 Å². The van der Waals surface area contributed by atoms with Crippen LogP contribution in [0.1, 0.15) is 16.1 Å². The summed E-state index contributed by atoms with van der Waals surface area (Å²) in [5, 5.41) is 5.21. The van der Waals surface area contributed by atoms with Crippen molar-refractivity contribution in [3.05, 3.63) is 77.7 Å². The number of urea groups is 1. The predicted octanol–water partition coefficient (Wildman–Crippen LogP) is 5.76. The molecule has 5 N–H and O–H groups in total. The molecule has 0 saturated heterocycles. The smallest absolute Gasteiger partial charge is 0.416 e. The van der Waals surface area contributed by atoms with Crippen molar-refractivity contribution in [1.82, 2.24) is 4.98 Å². The summed E-state index contributed by atoms with van der Waals surface area (Å²) in [6, 6.07) is 12.3. The molecule has 0 radical (unpaired) electrons. The Kier molecular flexibility index (Phi) is 7.53. The Morgan fingerprint density at radius 1 is 0.974 bits per heavy atom. The summed E-state index contributed by atoms with van der Waals surface area (Å²) in [7, 11) is 1.56. The minimum Gasteiger partial charge on any atom is -0.491 e. The van der Waals surface area contributed by atoms with E-state index in [0.717, 1.165) is 0 Å². The topological polar surface area (TPSA) is 118 Å². The first kappa shape index (κ1) is 26.5. The number of primary amides is 1. The molecule has 4 rings (SSSR count). The lowest BCUT2D eigenvalue weighted by molar-refractivity contribution is -0.137. The fraction of sp³-hybridized carbons (Fsp3) is 0.154. The van der Waals surface area contributed by atoms with E-state index in [9.17, 15) is 27.2 Å². The molecule has 38 heavy (non-hydrogen) atoms. The second-order valence-electron chi connectivity index (χ2n) is 8.14. The van der Waals surface area contributed by atoms with Crippen LogP contribution in [-0.2, 0) is 10.9 Å². The molecule has 12 heteroatoms. The fourth-order valence-corrected chi connectivity index (χ4v) is 3.80. The number of rotatable bonds is 8. The number of alkyl halides is 3. The van der Waals surface area contributed by atoms with E-state index >= 15 is 0 Å². The maximum absolute atomic E-state index is 13.9. The number of aromatic amines is 1. The number of methoxy groups -OCH3 is 1. The largest absolute Gasteiger partial charge is 0.491 e. The number of nitrogens with one attached hydrogen (secondary N) is 3. The monoisotopic (exact) mass is 530 g/mol. The molecule has 0 spiro atoms. The van der Waals surface area contributed by atoms with E-state index in [2.05, 4.69) is 15.6 Å². The van der Waals surface area contributed by atoms with Gasteiger partial charge in [0.25, 0.3) is 5.91 Å². The second-order valence-corrected chi connectivity index (χ2v) is 8.14. The third kappa shape index (κ3) is 5.86. The molecule has 3 amide bonds. The molecule has 0 aliphatic heterocycles. The zero-order valence-corrected chi connectivity index (χ0v) is 19.9. The van der Waals surface area contributed by atoms with Crippen molar-refractivity contribution < 1.29 is 36.6 Å². The Hall–Kier alpha value is -4.58.